The molecule has 1 aromatic carbocycles. The second kappa shape index (κ2) is 14.0. The number of nitrogens with zero attached hydrogens (tertiary/aromatic N) is 7. The average Bonchev–Trinajstić information content (AvgIpc) is 3.53. The third kappa shape index (κ3) is 8.18. The molecule has 45 heavy (non-hydrogen) atoms. The zero-order valence-corrected chi connectivity index (χ0v) is 26.6. The van der Waals surface area contributed by atoms with E-state index in [1.165, 1.54) is 10.6 Å². The maximum Gasteiger partial charge on any atom is 0.319 e. The zero-order chi connectivity index (χ0) is 31.2. The number of rotatable bonds is 9. The molecule has 0 radical (unpaired) electrons. The molecule has 5 heterocycles. The van der Waals surface area contributed by atoms with Gasteiger partial charge in [0.15, 0.2) is 11.6 Å². The van der Waals surface area contributed by atoms with Crippen LogP contribution < -0.4 is 15.5 Å². The van der Waals surface area contributed by atoms with Gasteiger partial charge in [-0.05, 0) is 48.5 Å². The van der Waals surface area contributed by atoms with Gasteiger partial charge in [-0.1, -0.05) is 6.07 Å². The van der Waals surface area contributed by atoms with Crippen LogP contribution in [0, 0.1) is 0 Å². The van der Waals surface area contributed by atoms with E-state index in [4.69, 9.17) is 19.7 Å². The molecular weight excluding hydrogens is 615 g/mol. The number of carbonyl (C=O) groups is 1. The number of hydrogen-bond acceptors (Lipinski definition) is 11. The van der Waals surface area contributed by atoms with E-state index in [1.807, 2.05) is 48.5 Å². The Balaban J connectivity index is 1.17. The number of sulfonamides is 1. The standard InChI is InChI=1S/C30H35N9O4S2/c1-45(41,42)39-14-12-37(13-15-39)21-25-9-10-26(44-25)28-34-27(35-29(36-28)38-16-18-43-19-17-38)22-5-7-23(8-6-22)33-30(40)32-20-24-4-2-3-11-31-24/h2-11H,12-21H2,1H3,(H2,32,33,40). The Morgan fingerprint density at radius 2 is 1.67 bits per heavy atom. The van der Waals surface area contributed by atoms with E-state index in [-0.39, 0.29) is 6.03 Å². The van der Waals surface area contributed by atoms with Gasteiger partial charge in [-0.15, -0.1) is 11.3 Å². The number of carbonyl (C=O) groups excluding carboxylic acids is 1. The molecule has 2 saturated heterocycles. The second-order valence-electron chi connectivity index (χ2n) is 10.8. The predicted octanol–water partition coefficient (Wildman–Crippen LogP) is 2.90. The van der Waals surface area contributed by atoms with Crippen LogP contribution in [0.15, 0.2) is 60.8 Å². The highest BCUT2D eigenvalue weighted by atomic mass is 32.2. The zero-order valence-electron chi connectivity index (χ0n) is 24.9. The fourth-order valence-corrected chi connectivity index (χ4v) is 6.89. The minimum atomic E-state index is -3.16. The van der Waals surface area contributed by atoms with E-state index in [1.54, 1.807) is 17.5 Å². The Labute approximate surface area is 266 Å². The summed E-state index contributed by atoms with van der Waals surface area (Å²) >= 11 is 1.63. The smallest absolute Gasteiger partial charge is 0.319 e. The summed E-state index contributed by atoms with van der Waals surface area (Å²) < 4.78 is 30.8. The molecule has 0 saturated carbocycles. The molecule has 2 aliphatic heterocycles. The largest absolute Gasteiger partial charge is 0.378 e. The van der Waals surface area contributed by atoms with Crippen LogP contribution in [0.5, 0.6) is 0 Å². The molecule has 0 atom stereocenters. The summed E-state index contributed by atoms with van der Waals surface area (Å²) in [4.78, 5) is 37.6. The average molecular weight is 650 g/mol. The maximum atomic E-state index is 12.4. The van der Waals surface area contributed by atoms with Gasteiger partial charge in [-0.3, -0.25) is 9.88 Å². The van der Waals surface area contributed by atoms with Crippen molar-refractivity contribution in [3.05, 3.63) is 71.4 Å². The Hall–Kier alpha value is -4.02. The summed E-state index contributed by atoms with van der Waals surface area (Å²) in [5.41, 5.74) is 2.21. The van der Waals surface area contributed by atoms with Crippen molar-refractivity contribution < 1.29 is 17.9 Å². The molecular formula is C30H35N9O4S2. The van der Waals surface area contributed by atoms with E-state index in [9.17, 15) is 13.2 Å². The first-order chi connectivity index (χ1) is 21.8. The number of ether oxygens (including phenoxy) is 1. The van der Waals surface area contributed by atoms with Gasteiger partial charge in [-0.25, -0.2) is 18.2 Å². The number of benzene rings is 1. The fourth-order valence-electron chi connectivity index (χ4n) is 5.08. The lowest BCUT2D eigenvalue weighted by Crippen LogP contribution is -2.47. The third-order valence-electron chi connectivity index (χ3n) is 7.54. The molecule has 2 aliphatic rings. The lowest BCUT2D eigenvalue weighted by molar-refractivity contribution is 0.122. The van der Waals surface area contributed by atoms with Crippen molar-refractivity contribution in [1.29, 1.82) is 0 Å². The molecule has 4 aromatic rings. The van der Waals surface area contributed by atoms with Gasteiger partial charge in [0.25, 0.3) is 0 Å². The number of nitrogens with one attached hydrogen (secondary N) is 2. The first-order valence-corrected chi connectivity index (χ1v) is 17.4. The van der Waals surface area contributed by atoms with E-state index in [0.29, 0.717) is 82.3 Å². The van der Waals surface area contributed by atoms with Crippen molar-refractivity contribution in [2.45, 2.75) is 13.1 Å². The molecule has 0 bridgehead atoms. The molecule has 0 unspecified atom stereocenters. The Morgan fingerprint density at radius 1 is 0.911 bits per heavy atom. The van der Waals surface area contributed by atoms with Crippen LogP contribution in [0.3, 0.4) is 0 Å². The van der Waals surface area contributed by atoms with Gasteiger partial charge in [0.1, 0.15) is 0 Å². The highest BCUT2D eigenvalue weighted by Gasteiger charge is 2.24. The first-order valence-electron chi connectivity index (χ1n) is 14.7. The van der Waals surface area contributed by atoms with Gasteiger partial charge < -0.3 is 20.3 Å². The highest BCUT2D eigenvalue weighted by molar-refractivity contribution is 7.88. The Morgan fingerprint density at radius 3 is 2.38 bits per heavy atom. The quantitative estimate of drug-likeness (QED) is 0.278. The lowest BCUT2D eigenvalue weighted by atomic mass is 10.2. The molecule has 0 spiro atoms. The minimum Gasteiger partial charge on any atom is -0.378 e. The van der Waals surface area contributed by atoms with Crippen LogP contribution in [-0.2, 0) is 27.8 Å². The number of urea groups is 1. The van der Waals surface area contributed by atoms with Crippen molar-refractivity contribution in [2.75, 3.05) is 69.0 Å². The van der Waals surface area contributed by atoms with Gasteiger partial charge in [0, 0.05) is 68.1 Å². The number of aromatic nitrogens is 4. The van der Waals surface area contributed by atoms with E-state index in [0.717, 1.165) is 27.6 Å². The van der Waals surface area contributed by atoms with Crippen LogP contribution in [0.25, 0.3) is 22.1 Å². The van der Waals surface area contributed by atoms with Gasteiger partial charge >= 0.3 is 6.03 Å². The number of anilines is 2. The second-order valence-corrected chi connectivity index (χ2v) is 13.9. The third-order valence-corrected chi connectivity index (χ3v) is 9.91. The lowest BCUT2D eigenvalue weighted by Gasteiger charge is -2.32. The SMILES string of the molecule is CS(=O)(=O)N1CCN(Cc2ccc(-c3nc(-c4ccc(NC(=O)NCc5ccccn5)cc4)nc(N4CCOCC4)n3)s2)CC1. The van der Waals surface area contributed by atoms with Crippen molar-refractivity contribution in [1.82, 2.24) is 34.5 Å². The summed E-state index contributed by atoms with van der Waals surface area (Å²) in [6, 6.07) is 16.8. The first kappa shape index (κ1) is 31.0. The monoisotopic (exact) mass is 649 g/mol. The van der Waals surface area contributed by atoms with Crippen molar-refractivity contribution in [2.24, 2.45) is 0 Å². The summed E-state index contributed by atoms with van der Waals surface area (Å²) in [5, 5.41) is 5.66. The van der Waals surface area contributed by atoms with E-state index in [2.05, 4.69) is 31.5 Å². The molecule has 236 valence electrons. The molecule has 0 aliphatic carbocycles. The number of piperazine rings is 1. The number of pyridine rings is 1. The van der Waals surface area contributed by atoms with Crippen molar-refractivity contribution >= 4 is 39.0 Å². The molecule has 2 fully saturated rings. The van der Waals surface area contributed by atoms with E-state index < -0.39 is 10.0 Å². The van der Waals surface area contributed by atoms with Gasteiger partial charge in [-0.2, -0.15) is 14.3 Å². The predicted molar refractivity (Wildman–Crippen MR) is 173 cm³/mol. The molecule has 13 nitrogen and oxygen atoms in total. The van der Waals surface area contributed by atoms with Crippen molar-refractivity contribution in [3.63, 3.8) is 0 Å². The Kier molecular flexibility index (Phi) is 9.61. The van der Waals surface area contributed by atoms with Crippen LogP contribution in [0.2, 0.25) is 0 Å². The fraction of sp³-hybridized carbons (Fsp3) is 0.367. The Bertz CT molecular complexity index is 1700. The number of morpholine rings is 1. The summed E-state index contributed by atoms with van der Waals surface area (Å²) in [6.45, 7) is 6.03. The summed E-state index contributed by atoms with van der Waals surface area (Å²) in [7, 11) is -3.16. The summed E-state index contributed by atoms with van der Waals surface area (Å²) in [6.07, 6.45) is 2.95. The maximum absolute atomic E-state index is 12.4. The van der Waals surface area contributed by atoms with Crippen LogP contribution in [0.1, 0.15) is 10.6 Å². The van der Waals surface area contributed by atoms with Crippen molar-refractivity contribution in [3.8, 4) is 22.1 Å². The molecule has 3 aromatic heterocycles. The van der Waals surface area contributed by atoms with Gasteiger partial charge in [0.2, 0.25) is 16.0 Å². The van der Waals surface area contributed by atoms with Crippen LogP contribution in [-0.4, -0.2) is 102 Å². The number of thiophene rings is 1. The minimum absolute atomic E-state index is 0.323. The topological polar surface area (TPSA) is 146 Å². The molecule has 2 amide bonds. The normalized spacial score (nSPS) is 16.4. The van der Waals surface area contributed by atoms with Crippen LogP contribution >= 0.6 is 11.3 Å². The highest BCUT2D eigenvalue weighted by Crippen LogP contribution is 2.30. The molecule has 2 N–H and O–H groups in total. The molecule has 15 heteroatoms. The summed E-state index contributed by atoms with van der Waals surface area (Å²) in [5.74, 6) is 1.73. The van der Waals surface area contributed by atoms with E-state index >= 15 is 0 Å². The number of hydrogen-bond donors (Lipinski definition) is 2. The molecule has 6 rings (SSSR count). The van der Waals surface area contributed by atoms with Crippen LogP contribution in [0.4, 0.5) is 16.4 Å². The van der Waals surface area contributed by atoms with Gasteiger partial charge in [0.05, 0.1) is 36.6 Å². The number of amides is 2.